The second kappa shape index (κ2) is 9.28. The molecule has 22 heavy (non-hydrogen) atoms. The molecule has 1 aromatic heterocycles. The van der Waals surface area contributed by atoms with Crippen molar-refractivity contribution in [3.05, 3.63) is 29.1 Å². The van der Waals surface area contributed by atoms with Gasteiger partial charge in [-0.05, 0) is 19.4 Å². The Labute approximate surface area is 130 Å². The topological polar surface area (TPSA) is 123 Å². The first-order valence-electron chi connectivity index (χ1n) is 6.85. The van der Waals surface area contributed by atoms with E-state index in [2.05, 4.69) is 15.3 Å². The molecule has 0 aliphatic heterocycles. The summed E-state index contributed by atoms with van der Waals surface area (Å²) in [7, 11) is 0. The molecule has 0 saturated heterocycles. The van der Waals surface area contributed by atoms with Gasteiger partial charge in [-0.25, -0.2) is 4.98 Å². The number of anilines is 1. The number of aromatic nitrogens is 1. The van der Waals surface area contributed by atoms with Gasteiger partial charge in [-0.1, -0.05) is 13.8 Å². The van der Waals surface area contributed by atoms with E-state index in [0.717, 1.165) is 5.56 Å². The highest BCUT2D eigenvalue weighted by Crippen LogP contribution is 2.20. The van der Waals surface area contributed by atoms with Crippen molar-refractivity contribution in [2.75, 3.05) is 5.32 Å². The van der Waals surface area contributed by atoms with Gasteiger partial charge >= 0.3 is 0 Å². The molecule has 0 fully saturated rings. The number of primary amides is 1. The molecule has 7 heteroatoms. The van der Waals surface area contributed by atoms with Crippen LogP contribution in [0.3, 0.4) is 0 Å². The summed E-state index contributed by atoms with van der Waals surface area (Å²) in [6.45, 7) is 8.75. The molecule has 0 atom stereocenters. The lowest BCUT2D eigenvalue weighted by Crippen LogP contribution is -2.18. The molecule has 0 aliphatic rings. The number of nitrogens with one attached hydrogen (secondary N) is 1. The first kappa shape index (κ1) is 19.3. The van der Waals surface area contributed by atoms with Crippen LogP contribution in [0.5, 0.6) is 0 Å². The maximum Gasteiger partial charge on any atom is 0.252 e. The molecule has 0 aliphatic carbocycles. The maximum atomic E-state index is 11.2. The average Bonchev–Trinajstić information content (AvgIpc) is 2.43. The average molecular weight is 305 g/mol. The number of carbonyl (C=O) groups is 2. The largest absolute Gasteiger partial charge is 0.402 e. The van der Waals surface area contributed by atoms with Crippen LogP contribution in [0.4, 0.5) is 11.5 Å². The Morgan fingerprint density at radius 2 is 1.86 bits per heavy atom. The molecule has 0 radical (unpaired) electrons. The number of allylic oxidation sites excluding steroid dienone is 1. The van der Waals surface area contributed by atoms with Gasteiger partial charge in [0.25, 0.3) is 5.91 Å². The van der Waals surface area contributed by atoms with Gasteiger partial charge in [-0.15, -0.1) is 0 Å². The Hall–Kier alpha value is -2.70. The number of pyridine rings is 1. The van der Waals surface area contributed by atoms with E-state index in [-0.39, 0.29) is 17.2 Å². The standard InChI is InChI=1S/C13H17N5O2.C2H6/c1-7-5-17-12(18-9(3)19)4-11(7)16-6-10(8(2)14)13(15)20;1-2/h4-6H,14H2,1-3H3,(H2,15,20)(H,17,18,19);1-2H3/b10-8+,16-6?;. The molecule has 0 bridgehead atoms. The first-order chi connectivity index (χ1) is 10.3. The van der Waals surface area contributed by atoms with Crippen molar-refractivity contribution < 1.29 is 9.59 Å². The minimum atomic E-state index is -0.650. The number of nitrogens with two attached hydrogens (primary N) is 2. The van der Waals surface area contributed by atoms with Crippen LogP contribution in [0.15, 0.2) is 28.5 Å². The number of hydrogen-bond acceptors (Lipinski definition) is 5. The zero-order valence-electron chi connectivity index (χ0n) is 13.6. The first-order valence-corrected chi connectivity index (χ1v) is 6.85. The van der Waals surface area contributed by atoms with Gasteiger partial charge in [0.15, 0.2) is 0 Å². The molecular formula is C15H23N5O2. The predicted molar refractivity (Wildman–Crippen MR) is 88.9 cm³/mol. The van der Waals surface area contributed by atoms with Crippen molar-refractivity contribution in [1.82, 2.24) is 4.98 Å². The van der Waals surface area contributed by atoms with E-state index in [9.17, 15) is 9.59 Å². The van der Waals surface area contributed by atoms with Crippen LogP contribution in [0.25, 0.3) is 0 Å². The van der Waals surface area contributed by atoms with Gasteiger partial charge in [-0.3, -0.25) is 14.6 Å². The SMILES string of the molecule is CC.CC(=O)Nc1cc(N=C/C(C(N)=O)=C(/C)N)c(C)cn1. The smallest absolute Gasteiger partial charge is 0.252 e. The van der Waals surface area contributed by atoms with Crippen molar-refractivity contribution >= 4 is 29.5 Å². The molecule has 120 valence electrons. The van der Waals surface area contributed by atoms with Crippen molar-refractivity contribution in [3.63, 3.8) is 0 Å². The summed E-state index contributed by atoms with van der Waals surface area (Å²) in [5.41, 5.74) is 12.5. The summed E-state index contributed by atoms with van der Waals surface area (Å²) in [4.78, 5) is 30.4. The van der Waals surface area contributed by atoms with Gasteiger partial charge in [0.05, 0.1) is 11.3 Å². The van der Waals surface area contributed by atoms with Crippen molar-refractivity contribution in [3.8, 4) is 0 Å². The van der Waals surface area contributed by atoms with Crippen LogP contribution in [0.1, 0.15) is 33.3 Å². The van der Waals surface area contributed by atoms with E-state index in [1.165, 1.54) is 13.1 Å². The molecule has 1 heterocycles. The molecule has 2 amide bonds. The predicted octanol–water partition coefficient (Wildman–Crippen LogP) is 1.79. The number of amides is 2. The highest BCUT2D eigenvalue weighted by Gasteiger charge is 2.06. The number of rotatable bonds is 4. The zero-order chi connectivity index (χ0) is 17.3. The molecule has 0 aromatic carbocycles. The summed E-state index contributed by atoms with van der Waals surface area (Å²) in [5, 5.41) is 2.55. The van der Waals surface area contributed by atoms with Crippen molar-refractivity contribution in [2.24, 2.45) is 16.5 Å². The van der Waals surface area contributed by atoms with E-state index < -0.39 is 5.91 Å². The van der Waals surface area contributed by atoms with Gasteiger partial charge in [-0.2, -0.15) is 0 Å². The van der Waals surface area contributed by atoms with Gasteiger partial charge in [0, 0.05) is 31.1 Å². The Morgan fingerprint density at radius 3 is 2.32 bits per heavy atom. The Bertz CT molecular complexity index is 602. The highest BCUT2D eigenvalue weighted by molar-refractivity contribution is 6.12. The van der Waals surface area contributed by atoms with Crippen molar-refractivity contribution in [2.45, 2.75) is 34.6 Å². The number of aryl methyl sites for hydroxylation is 1. The van der Waals surface area contributed by atoms with Gasteiger partial charge in [0.2, 0.25) is 5.91 Å². The third-order valence-corrected chi connectivity index (χ3v) is 2.40. The number of aliphatic imine (C=N–C) groups is 1. The molecule has 1 aromatic rings. The van der Waals surface area contributed by atoms with Crippen LogP contribution in [-0.2, 0) is 9.59 Å². The fourth-order valence-corrected chi connectivity index (χ4v) is 1.39. The lowest BCUT2D eigenvalue weighted by Gasteiger charge is -2.05. The summed E-state index contributed by atoms with van der Waals surface area (Å²) < 4.78 is 0. The van der Waals surface area contributed by atoms with Gasteiger partial charge < -0.3 is 16.8 Å². The summed E-state index contributed by atoms with van der Waals surface area (Å²) in [5.74, 6) is -0.501. The molecule has 0 unspecified atom stereocenters. The quantitative estimate of drug-likeness (QED) is 0.579. The van der Waals surface area contributed by atoms with Crippen molar-refractivity contribution in [1.29, 1.82) is 0 Å². The second-order valence-electron chi connectivity index (χ2n) is 4.26. The van der Waals surface area contributed by atoms with Crippen LogP contribution in [0, 0.1) is 6.92 Å². The summed E-state index contributed by atoms with van der Waals surface area (Å²) in [6, 6.07) is 1.59. The monoisotopic (exact) mass is 305 g/mol. The van der Waals surface area contributed by atoms with Crippen LogP contribution in [-0.4, -0.2) is 23.0 Å². The Kier molecular flexibility index (Phi) is 8.14. The minimum Gasteiger partial charge on any atom is -0.402 e. The lowest BCUT2D eigenvalue weighted by atomic mass is 10.2. The second-order valence-corrected chi connectivity index (χ2v) is 4.26. The molecule has 0 spiro atoms. The van der Waals surface area contributed by atoms with E-state index in [1.54, 1.807) is 26.1 Å². The third kappa shape index (κ3) is 6.17. The van der Waals surface area contributed by atoms with Crippen LogP contribution >= 0.6 is 0 Å². The maximum absolute atomic E-state index is 11.2. The van der Waals surface area contributed by atoms with E-state index in [1.807, 2.05) is 13.8 Å². The Morgan fingerprint density at radius 1 is 1.27 bits per heavy atom. The summed E-state index contributed by atoms with van der Waals surface area (Å²) in [6.07, 6.45) is 2.87. The lowest BCUT2D eigenvalue weighted by molar-refractivity contribution is -0.115. The number of nitrogens with zero attached hydrogens (tertiary/aromatic N) is 2. The number of hydrogen-bond donors (Lipinski definition) is 3. The fourth-order valence-electron chi connectivity index (χ4n) is 1.39. The molecule has 5 N–H and O–H groups in total. The van der Waals surface area contributed by atoms with E-state index >= 15 is 0 Å². The molecule has 1 rings (SSSR count). The van der Waals surface area contributed by atoms with Crippen LogP contribution in [0.2, 0.25) is 0 Å². The molecule has 7 nitrogen and oxygen atoms in total. The Balaban J connectivity index is 0.00000211. The molecule has 0 saturated carbocycles. The van der Waals surface area contributed by atoms with E-state index in [0.29, 0.717) is 11.5 Å². The minimum absolute atomic E-state index is 0.141. The fraction of sp³-hybridized carbons (Fsp3) is 0.333. The van der Waals surface area contributed by atoms with Crippen LogP contribution < -0.4 is 16.8 Å². The third-order valence-electron chi connectivity index (χ3n) is 2.40. The summed E-state index contributed by atoms with van der Waals surface area (Å²) >= 11 is 0. The van der Waals surface area contributed by atoms with E-state index in [4.69, 9.17) is 11.5 Å². The van der Waals surface area contributed by atoms with Gasteiger partial charge in [0.1, 0.15) is 5.82 Å². The normalized spacial score (nSPS) is 11.3. The number of carbonyl (C=O) groups excluding carboxylic acids is 2. The zero-order valence-corrected chi connectivity index (χ0v) is 13.6. The highest BCUT2D eigenvalue weighted by atomic mass is 16.1. The molecular weight excluding hydrogens is 282 g/mol.